The molecule has 0 spiro atoms. The predicted molar refractivity (Wildman–Crippen MR) is 244 cm³/mol. The number of fused-ring (bicyclic) bond motifs is 3. The van der Waals surface area contributed by atoms with Crippen LogP contribution >= 0.6 is 0 Å². The van der Waals surface area contributed by atoms with Crippen molar-refractivity contribution < 1.29 is 0 Å². The summed E-state index contributed by atoms with van der Waals surface area (Å²) < 4.78 is 4.47. The van der Waals surface area contributed by atoms with Gasteiger partial charge in [-0.2, -0.15) is 5.10 Å². The van der Waals surface area contributed by atoms with Crippen molar-refractivity contribution in [3.05, 3.63) is 212 Å². The smallest absolute Gasteiger partial charge is 0.0934 e. The van der Waals surface area contributed by atoms with Crippen molar-refractivity contribution in [3.8, 4) is 67.3 Å². The van der Waals surface area contributed by atoms with Gasteiger partial charge in [0.15, 0.2) is 0 Å². The standard InChI is InChI=1S/C55H43N3/c1-55(2,3)42-29-33-43(34-30-42)57-52-25-15-14-24-49(52)50-36-41(28-35-53(50)57)46-21-11-13-23-48(46)47-22-12-10-20-45(47)38-26-31-44(32-27-38)58-54(40-18-8-5-9-19-40)37-51(56-58)39-16-6-4-7-17-39/h4-37H,1-3H3. The van der Waals surface area contributed by atoms with Gasteiger partial charge in [-0.05, 0) is 92.9 Å². The van der Waals surface area contributed by atoms with Gasteiger partial charge in [-0.15, -0.1) is 0 Å². The first-order chi connectivity index (χ1) is 28.4. The van der Waals surface area contributed by atoms with E-state index in [4.69, 9.17) is 5.10 Å². The summed E-state index contributed by atoms with van der Waals surface area (Å²) in [7, 11) is 0. The van der Waals surface area contributed by atoms with E-state index in [0.29, 0.717) is 0 Å². The third-order valence-corrected chi connectivity index (χ3v) is 11.4. The Morgan fingerprint density at radius 1 is 0.379 bits per heavy atom. The molecular formula is C55H43N3. The highest BCUT2D eigenvalue weighted by molar-refractivity contribution is 6.11. The molecule has 278 valence electrons. The Labute approximate surface area is 340 Å². The maximum Gasteiger partial charge on any atom is 0.0934 e. The van der Waals surface area contributed by atoms with Crippen molar-refractivity contribution in [2.75, 3.05) is 0 Å². The summed E-state index contributed by atoms with van der Waals surface area (Å²) in [6, 6.07) is 74.3. The molecule has 0 saturated heterocycles. The lowest BCUT2D eigenvalue weighted by Gasteiger charge is -2.19. The summed E-state index contributed by atoms with van der Waals surface area (Å²) in [6.45, 7) is 6.80. The molecule has 0 amide bonds. The van der Waals surface area contributed by atoms with Gasteiger partial charge >= 0.3 is 0 Å². The van der Waals surface area contributed by atoms with Crippen LogP contribution in [0.2, 0.25) is 0 Å². The summed E-state index contributed by atoms with van der Waals surface area (Å²) in [5.74, 6) is 0. The number of hydrogen-bond acceptors (Lipinski definition) is 1. The van der Waals surface area contributed by atoms with E-state index in [-0.39, 0.29) is 5.41 Å². The Bertz CT molecular complexity index is 3050. The third-order valence-electron chi connectivity index (χ3n) is 11.4. The first-order valence-corrected chi connectivity index (χ1v) is 20.1. The summed E-state index contributed by atoms with van der Waals surface area (Å²) >= 11 is 0. The quantitative estimate of drug-likeness (QED) is 0.159. The Balaban J connectivity index is 1.04. The van der Waals surface area contributed by atoms with E-state index in [0.717, 1.165) is 33.8 Å². The number of nitrogens with zero attached hydrogens (tertiary/aromatic N) is 3. The number of aromatic nitrogens is 3. The van der Waals surface area contributed by atoms with Crippen LogP contribution in [0.4, 0.5) is 0 Å². The molecule has 10 rings (SSSR count). The van der Waals surface area contributed by atoms with Gasteiger partial charge in [0.25, 0.3) is 0 Å². The van der Waals surface area contributed by atoms with E-state index in [9.17, 15) is 0 Å². The van der Waals surface area contributed by atoms with Crippen LogP contribution in [0.3, 0.4) is 0 Å². The average molecular weight is 746 g/mol. The van der Waals surface area contributed by atoms with Gasteiger partial charge in [0.1, 0.15) is 0 Å². The van der Waals surface area contributed by atoms with Crippen molar-refractivity contribution >= 4 is 21.8 Å². The number of para-hydroxylation sites is 1. The van der Waals surface area contributed by atoms with Crippen molar-refractivity contribution in [2.24, 2.45) is 0 Å². The summed E-state index contributed by atoms with van der Waals surface area (Å²) in [5, 5.41) is 7.62. The Morgan fingerprint density at radius 2 is 0.897 bits per heavy atom. The van der Waals surface area contributed by atoms with Gasteiger partial charge in [0.05, 0.1) is 28.1 Å². The zero-order chi connectivity index (χ0) is 39.2. The largest absolute Gasteiger partial charge is 0.309 e. The van der Waals surface area contributed by atoms with Gasteiger partial charge in [0, 0.05) is 27.6 Å². The molecule has 10 aromatic rings. The Hall–Kier alpha value is -7.23. The summed E-state index contributed by atoms with van der Waals surface area (Å²) in [6.07, 6.45) is 0. The number of benzene rings is 8. The van der Waals surface area contributed by atoms with E-state index < -0.39 is 0 Å². The monoisotopic (exact) mass is 745 g/mol. The molecular weight excluding hydrogens is 703 g/mol. The van der Waals surface area contributed by atoms with Crippen LogP contribution in [0.1, 0.15) is 26.3 Å². The Kier molecular flexibility index (Phi) is 8.72. The molecule has 0 bridgehead atoms. The lowest BCUT2D eigenvalue weighted by atomic mass is 9.87. The minimum atomic E-state index is 0.101. The molecule has 8 aromatic carbocycles. The van der Waals surface area contributed by atoms with Gasteiger partial charge in [0.2, 0.25) is 0 Å². The van der Waals surface area contributed by atoms with Crippen LogP contribution in [0, 0.1) is 0 Å². The molecule has 0 atom stereocenters. The normalized spacial score (nSPS) is 11.7. The SMILES string of the molecule is CC(C)(C)c1ccc(-n2c3ccccc3c3cc(-c4ccccc4-c4ccccc4-c4ccc(-n5nc(-c6ccccc6)cc5-c5ccccc5)cc4)ccc32)cc1. The zero-order valence-corrected chi connectivity index (χ0v) is 33.0. The molecule has 0 aliphatic carbocycles. The van der Waals surface area contributed by atoms with Crippen LogP contribution in [-0.2, 0) is 5.41 Å². The van der Waals surface area contributed by atoms with Gasteiger partial charge in [-0.25, -0.2) is 4.68 Å². The van der Waals surface area contributed by atoms with Gasteiger partial charge in [-0.3, -0.25) is 0 Å². The van der Waals surface area contributed by atoms with Gasteiger partial charge in [-0.1, -0.05) is 178 Å². The zero-order valence-electron chi connectivity index (χ0n) is 33.0. The van der Waals surface area contributed by atoms with Crippen LogP contribution in [0.25, 0.3) is 89.1 Å². The lowest BCUT2D eigenvalue weighted by molar-refractivity contribution is 0.590. The van der Waals surface area contributed by atoms with Gasteiger partial charge < -0.3 is 4.57 Å². The second kappa shape index (κ2) is 14.4. The maximum atomic E-state index is 5.13. The highest BCUT2D eigenvalue weighted by atomic mass is 15.3. The molecule has 0 N–H and O–H groups in total. The highest BCUT2D eigenvalue weighted by Crippen LogP contribution is 2.41. The molecule has 0 aliphatic rings. The molecule has 2 aromatic heterocycles. The van der Waals surface area contributed by atoms with Crippen LogP contribution < -0.4 is 0 Å². The first-order valence-electron chi connectivity index (χ1n) is 20.1. The topological polar surface area (TPSA) is 22.8 Å². The number of rotatable bonds is 7. The predicted octanol–water partition coefficient (Wildman–Crippen LogP) is 14.6. The fourth-order valence-electron chi connectivity index (χ4n) is 8.39. The Morgan fingerprint density at radius 3 is 1.55 bits per heavy atom. The molecule has 0 unspecified atom stereocenters. The van der Waals surface area contributed by atoms with E-state index in [1.54, 1.807) is 0 Å². The molecule has 0 fully saturated rings. The van der Waals surface area contributed by atoms with Crippen LogP contribution in [0.5, 0.6) is 0 Å². The summed E-state index contributed by atoms with van der Waals surface area (Å²) in [5.41, 5.74) is 17.4. The maximum absolute atomic E-state index is 5.13. The molecule has 2 heterocycles. The second-order valence-corrected chi connectivity index (χ2v) is 16.1. The van der Waals surface area contributed by atoms with Crippen LogP contribution in [0.15, 0.2) is 206 Å². The van der Waals surface area contributed by atoms with Crippen molar-refractivity contribution in [1.29, 1.82) is 0 Å². The van der Waals surface area contributed by atoms with Crippen molar-refractivity contribution in [3.63, 3.8) is 0 Å². The first kappa shape index (κ1) is 35.2. The lowest BCUT2D eigenvalue weighted by Crippen LogP contribution is -2.10. The third kappa shape index (κ3) is 6.31. The van der Waals surface area contributed by atoms with E-state index in [1.807, 2.05) is 6.07 Å². The molecule has 3 nitrogen and oxygen atoms in total. The van der Waals surface area contributed by atoms with E-state index in [1.165, 1.54) is 60.9 Å². The molecule has 58 heavy (non-hydrogen) atoms. The minimum absolute atomic E-state index is 0.101. The fraction of sp³-hybridized carbons (Fsp3) is 0.0727. The van der Waals surface area contributed by atoms with Crippen molar-refractivity contribution in [2.45, 2.75) is 26.2 Å². The minimum Gasteiger partial charge on any atom is -0.309 e. The van der Waals surface area contributed by atoms with Crippen molar-refractivity contribution in [1.82, 2.24) is 14.3 Å². The average Bonchev–Trinajstić information content (AvgIpc) is 3.87. The highest BCUT2D eigenvalue weighted by Gasteiger charge is 2.19. The fourth-order valence-corrected chi connectivity index (χ4v) is 8.39. The molecule has 0 aliphatic heterocycles. The number of hydrogen-bond donors (Lipinski definition) is 0. The van der Waals surface area contributed by atoms with E-state index >= 15 is 0 Å². The van der Waals surface area contributed by atoms with Crippen LogP contribution in [-0.4, -0.2) is 14.3 Å². The molecule has 3 heteroatoms. The summed E-state index contributed by atoms with van der Waals surface area (Å²) in [4.78, 5) is 0. The molecule has 0 radical (unpaired) electrons. The van der Waals surface area contributed by atoms with E-state index in [2.05, 4.69) is 230 Å². The molecule has 0 saturated carbocycles. The second-order valence-electron chi connectivity index (χ2n) is 16.1.